The molecule has 0 spiro atoms. The summed E-state index contributed by atoms with van der Waals surface area (Å²) in [5.74, 6) is -3.88. The number of phenols is 1. The molecule has 4 atom stereocenters. The lowest BCUT2D eigenvalue weighted by molar-refractivity contribution is -0.142. The van der Waals surface area contributed by atoms with Gasteiger partial charge in [0, 0.05) is 16.1 Å². The number of hydrogen-bond acceptors (Lipinski definition) is 9. The number of benzene rings is 2. The summed E-state index contributed by atoms with van der Waals surface area (Å²) in [5, 5.41) is 24.0. The quantitative estimate of drug-likeness (QED) is 0.125. The number of rotatable bonds is 14. The SMILES string of the molecule is CN(C)[C@@H](Cc1ccc(O)cc1)C(=O)N[C@H](CS)C(=O)c1cc(F)ccc1C[C@H](N)C(=O)N[C@@H](C(=O)O)C(C)(C)S. The van der Waals surface area contributed by atoms with Crippen LogP contribution in [-0.2, 0) is 27.2 Å². The second kappa shape index (κ2) is 14.7. The molecule has 0 aliphatic carbocycles. The highest BCUT2D eigenvalue weighted by Gasteiger charge is 2.35. The Balaban J connectivity index is 2.24. The fourth-order valence-electron chi connectivity index (χ4n) is 4.09. The molecular weight excluding hydrogens is 571 g/mol. The number of aliphatic carboxylic acids is 1. The number of nitrogens with two attached hydrogens (primary N) is 1. The van der Waals surface area contributed by atoms with Crippen LogP contribution in [0.4, 0.5) is 4.39 Å². The van der Waals surface area contributed by atoms with Crippen molar-refractivity contribution in [3.05, 3.63) is 65.0 Å². The lowest BCUT2D eigenvalue weighted by Gasteiger charge is -2.28. The van der Waals surface area contributed by atoms with Crippen LogP contribution < -0.4 is 16.4 Å². The van der Waals surface area contributed by atoms with E-state index in [1.54, 1.807) is 31.1 Å². The highest BCUT2D eigenvalue weighted by atomic mass is 32.1. The Bertz CT molecular complexity index is 1250. The number of phenolic OH excluding ortho intramolecular Hbond substituents is 1. The van der Waals surface area contributed by atoms with Crippen molar-refractivity contribution in [2.24, 2.45) is 5.73 Å². The molecule has 2 aromatic carbocycles. The largest absolute Gasteiger partial charge is 0.508 e. The Labute approximate surface area is 249 Å². The molecule has 2 aromatic rings. The molecule has 0 radical (unpaired) electrons. The van der Waals surface area contributed by atoms with Crippen molar-refractivity contribution in [2.75, 3.05) is 19.8 Å². The van der Waals surface area contributed by atoms with E-state index < -0.39 is 58.3 Å². The standard InChI is InChI=1S/C28H37FN4O6S2/c1-28(2,41)24(27(38)39)32-25(36)20(30)12-16-7-8-17(29)13-19(16)23(35)21(14-40)31-26(37)22(33(3)4)11-15-5-9-18(34)10-6-15/h5-10,13,20-22,24,34,40-41H,11-12,14,30H2,1-4H3,(H,31,37)(H,32,36)(H,38,39)/t20-,21+,22-,24-/m0/s1. The van der Waals surface area contributed by atoms with E-state index >= 15 is 0 Å². The number of ketones is 1. The van der Waals surface area contributed by atoms with E-state index in [0.717, 1.165) is 17.7 Å². The van der Waals surface area contributed by atoms with Crippen LogP contribution in [0.5, 0.6) is 5.75 Å². The zero-order valence-corrected chi connectivity index (χ0v) is 25.1. The van der Waals surface area contributed by atoms with Gasteiger partial charge in [0.15, 0.2) is 5.78 Å². The van der Waals surface area contributed by atoms with Crippen molar-refractivity contribution in [3.8, 4) is 5.75 Å². The third kappa shape index (κ3) is 9.73. The van der Waals surface area contributed by atoms with Gasteiger partial charge < -0.3 is 26.6 Å². The predicted molar refractivity (Wildman–Crippen MR) is 160 cm³/mol. The molecule has 0 aliphatic rings. The van der Waals surface area contributed by atoms with Crippen LogP contribution in [0, 0.1) is 5.82 Å². The maximum absolute atomic E-state index is 14.3. The first-order chi connectivity index (χ1) is 19.0. The van der Waals surface area contributed by atoms with Crippen molar-refractivity contribution in [1.29, 1.82) is 0 Å². The molecule has 0 aromatic heterocycles. The lowest BCUT2D eigenvalue weighted by Crippen LogP contribution is -2.55. The number of aromatic hydroxyl groups is 1. The minimum atomic E-state index is -1.34. The monoisotopic (exact) mass is 608 g/mol. The number of thiol groups is 2. The van der Waals surface area contributed by atoms with Gasteiger partial charge in [-0.25, -0.2) is 9.18 Å². The topological polar surface area (TPSA) is 162 Å². The molecule has 0 fully saturated rings. The van der Waals surface area contributed by atoms with Gasteiger partial charge in [-0.3, -0.25) is 19.3 Å². The zero-order chi connectivity index (χ0) is 31.1. The van der Waals surface area contributed by atoms with E-state index in [9.17, 15) is 33.8 Å². The Morgan fingerprint density at radius 3 is 2.15 bits per heavy atom. The predicted octanol–water partition coefficient (Wildman–Crippen LogP) is 1.45. The van der Waals surface area contributed by atoms with Gasteiger partial charge >= 0.3 is 5.97 Å². The van der Waals surface area contributed by atoms with Gasteiger partial charge in [0.1, 0.15) is 23.7 Å². The highest BCUT2D eigenvalue weighted by Crippen LogP contribution is 2.20. The summed E-state index contributed by atoms with van der Waals surface area (Å²) >= 11 is 8.46. The second-order valence-corrected chi connectivity index (χ2v) is 12.0. The number of likely N-dealkylation sites (N-methyl/N-ethyl adjacent to an activating group) is 1. The summed E-state index contributed by atoms with van der Waals surface area (Å²) in [7, 11) is 3.42. The molecule has 0 unspecified atom stereocenters. The van der Waals surface area contributed by atoms with Crippen LogP contribution in [-0.4, -0.2) is 87.4 Å². The number of carbonyl (C=O) groups excluding carboxylic acids is 3. The number of halogens is 1. The summed E-state index contributed by atoms with van der Waals surface area (Å²) < 4.78 is 13.2. The van der Waals surface area contributed by atoms with Crippen LogP contribution in [0.15, 0.2) is 42.5 Å². The number of hydrogen-bond donors (Lipinski definition) is 7. The smallest absolute Gasteiger partial charge is 0.327 e. The molecule has 0 heterocycles. The molecule has 0 saturated carbocycles. The molecule has 0 bridgehead atoms. The molecule has 10 nitrogen and oxygen atoms in total. The van der Waals surface area contributed by atoms with Gasteiger partial charge in [0.05, 0.1) is 12.1 Å². The molecule has 13 heteroatoms. The molecule has 6 N–H and O–H groups in total. The molecular formula is C28H37FN4O6S2. The molecule has 2 amide bonds. The fourth-order valence-corrected chi connectivity index (χ4v) is 4.52. The van der Waals surface area contributed by atoms with Crippen molar-refractivity contribution in [2.45, 2.75) is 55.6 Å². The summed E-state index contributed by atoms with van der Waals surface area (Å²) in [5.41, 5.74) is 7.00. The van der Waals surface area contributed by atoms with Gasteiger partial charge in [0.25, 0.3) is 0 Å². The molecule has 41 heavy (non-hydrogen) atoms. The van der Waals surface area contributed by atoms with E-state index in [0.29, 0.717) is 6.42 Å². The van der Waals surface area contributed by atoms with E-state index in [1.165, 1.54) is 32.0 Å². The first-order valence-electron chi connectivity index (χ1n) is 12.7. The van der Waals surface area contributed by atoms with Crippen molar-refractivity contribution < 1.29 is 33.8 Å². The van der Waals surface area contributed by atoms with Gasteiger partial charge in [0.2, 0.25) is 11.8 Å². The van der Waals surface area contributed by atoms with Gasteiger partial charge in [-0.15, -0.1) is 0 Å². The summed E-state index contributed by atoms with van der Waals surface area (Å²) in [6.45, 7) is 3.05. The minimum Gasteiger partial charge on any atom is -0.508 e. The third-order valence-corrected chi connectivity index (χ3v) is 7.08. The van der Waals surface area contributed by atoms with Crippen LogP contribution in [0.2, 0.25) is 0 Å². The number of carboxylic acids is 1. The Kier molecular flexibility index (Phi) is 12.2. The molecule has 2 rings (SSSR count). The Hall–Kier alpha value is -3.13. The maximum atomic E-state index is 14.3. The van der Waals surface area contributed by atoms with Gasteiger partial charge in [-0.1, -0.05) is 18.2 Å². The number of Topliss-reactive ketones (excluding diaryl/α,β-unsaturated/α-hetero) is 1. The van der Waals surface area contributed by atoms with Crippen LogP contribution >= 0.6 is 25.3 Å². The first-order valence-corrected chi connectivity index (χ1v) is 13.8. The maximum Gasteiger partial charge on any atom is 0.327 e. The normalized spacial score (nSPS) is 14.6. The van der Waals surface area contributed by atoms with Crippen molar-refractivity contribution >= 4 is 48.8 Å². The number of nitrogens with one attached hydrogen (secondary N) is 2. The number of amides is 2. The Morgan fingerprint density at radius 2 is 1.63 bits per heavy atom. The summed E-state index contributed by atoms with van der Waals surface area (Å²) in [6, 6.07) is 5.43. The average Bonchev–Trinajstić information content (AvgIpc) is 2.89. The summed E-state index contributed by atoms with van der Waals surface area (Å²) in [6.07, 6.45) is 0.0864. The fraction of sp³-hybridized carbons (Fsp3) is 0.429. The van der Waals surface area contributed by atoms with Crippen LogP contribution in [0.1, 0.15) is 35.3 Å². The third-order valence-electron chi connectivity index (χ3n) is 6.46. The van der Waals surface area contributed by atoms with Gasteiger partial charge in [-0.2, -0.15) is 25.3 Å². The lowest BCUT2D eigenvalue weighted by atomic mass is 9.94. The highest BCUT2D eigenvalue weighted by molar-refractivity contribution is 7.81. The molecule has 224 valence electrons. The van der Waals surface area contributed by atoms with E-state index in [1.807, 2.05) is 0 Å². The van der Waals surface area contributed by atoms with Crippen LogP contribution in [0.3, 0.4) is 0 Å². The summed E-state index contributed by atoms with van der Waals surface area (Å²) in [4.78, 5) is 52.8. The average molecular weight is 609 g/mol. The van der Waals surface area contributed by atoms with E-state index in [2.05, 4.69) is 35.9 Å². The van der Waals surface area contributed by atoms with E-state index in [-0.39, 0.29) is 29.1 Å². The minimum absolute atomic E-state index is 0.0863. The first kappa shape index (κ1) is 34.1. The van der Waals surface area contributed by atoms with Crippen molar-refractivity contribution in [1.82, 2.24) is 15.5 Å². The Morgan fingerprint density at radius 1 is 1.02 bits per heavy atom. The number of nitrogens with zero attached hydrogens (tertiary/aromatic N) is 1. The second-order valence-electron chi connectivity index (χ2n) is 10.5. The zero-order valence-electron chi connectivity index (χ0n) is 23.3. The van der Waals surface area contributed by atoms with Gasteiger partial charge in [-0.05, 0) is 76.2 Å². The number of carboxylic acid groups (broad SMARTS) is 1. The van der Waals surface area contributed by atoms with Crippen molar-refractivity contribution in [3.63, 3.8) is 0 Å². The van der Waals surface area contributed by atoms with E-state index in [4.69, 9.17) is 5.73 Å². The number of carbonyl (C=O) groups is 4. The molecule has 0 saturated heterocycles. The van der Waals surface area contributed by atoms with Crippen LogP contribution in [0.25, 0.3) is 0 Å². The molecule has 0 aliphatic heterocycles.